The lowest BCUT2D eigenvalue weighted by Gasteiger charge is -2.14. The van der Waals surface area contributed by atoms with Crippen molar-refractivity contribution in [2.45, 2.75) is 51.2 Å². The first-order chi connectivity index (χ1) is 13.6. The van der Waals surface area contributed by atoms with Crippen molar-refractivity contribution < 1.29 is 13.9 Å². The van der Waals surface area contributed by atoms with Gasteiger partial charge in [0.05, 0.1) is 5.02 Å². The van der Waals surface area contributed by atoms with Crippen LogP contribution < -0.4 is 10.1 Å². The Morgan fingerprint density at radius 2 is 1.82 bits per heavy atom. The van der Waals surface area contributed by atoms with Gasteiger partial charge in [-0.1, -0.05) is 55.5 Å². The summed E-state index contributed by atoms with van der Waals surface area (Å²) in [4.78, 5) is 12.1. The summed E-state index contributed by atoms with van der Waals surface area (Å²) < 4.78 is 19.4. The standard InChI is InChI=1S/C23H25ClFNO2/c24-21-8-5-9-22(25)20(21)16-28-19-13-10-17(11-14-19)12-15-23(27)26-18-6-3-1-2-4-7-18/h5,8-15,18H,1-4,6-7,16H2,(H,26,27)/b15-12+. The first-order valence-electron chi connectivity index (χ1n) is 9.76. The smallest absolute Gasteiger partial charge is 0.244 e. The van der Waals surface area contributed by atoms with E-state index in [9.17, 15) is 9.18 Å². The zero-order valence-corrected chi connectivity index (χ0v) is 16.6. The van der Waals surface area contributed by atoms with Crippen LogP contribution in [0.2, 0.25) is 5.02 Å². The number of hydrogen-bond donors (Lipinski definition) is 1. The van der Waals surface area contributed by atoms with Gasteiger partial charge in [-0.15, -0.1) is 0 Å². The minimum absolute atomic E-state index is 0.0542. The summed E-state index contributed by atoms with van der Waals surface area (Å²) in [6.45, 7) is 0.0600. The van der Waals surface area contributed by atoms with E-state index in [1.807, 2.05) is 12.1 Å². The summed E-state index contributed by atoms with van der Waals surface area (Å²) in [6.07, 6.45) is 10.4. The van der Waals surface area contributed by atoms with Gasteiger partial charge < -0.3 is 10.1 Å². The summed E-state index contributed by atoms with van der Waals surface area (Å²) in [5.74, 6) is 0.174. The van der Waals surface area contributed by atoms with Crippen LogP contribution in [0.1, 0.15) is 49.7 Å². The third-order valence-electron chi connectivity index (χ3n) is 4.95. The molecular weight excluding hydrogens is 377 g/mol. The fourth-order valence-corrected chi connectivity index (χ4v) is 3.56. The maximum absolute atomic E-state index is 13.8. The second-order valence-corrected chi connectivity index (χ2v) is 7.50. The van der Waals surface area contributed by atoms with Gasteiger partial charge in [0.2, 0.25) is 5.91 Å². The van der Waals surface area contributed by atoms with Crippen molar-refractivity contribution in [1.82, 2.24) is 5.32 Å². The highest BCUT2D eigenvalue weighted by Gasteiger charge is 2.13. The molecule has 1 saturated carbocycles. The summed E-state index contributed by atoms with van der Waals surface area (Å²) in [6, 6.07) is 12.1. The predicted molar refractivity (Wildman–Crippen MR) is 111 cm³/mol. The van der Waals surface area contributed by atoms with Crippen molar-refractivity contribution in [2.75, 3.05) is 0 Å². The van der Waals surface area contributed by atoms with Crippen molar-refractivity contribution in [3.05, 3.63) is 70.5 Å². The van der Waals surface area contributed by atoms with Crippen molar-refractivity contribution in [1.29, 1.82) is 0 Å². The van der Waals surface area contributed by atoms with Crippen LogP contribution in [0.25, 0.3) is 6.08 Å². The van der Waals surface area contributed by atoms with E-state index in [-0.39, 0.29) is 18.3 Å². The minimum atomic E-state index is -0.383. The number of ether oxygens (including phenoxy) is 1. The summed E-state index contributed by atoms with van der Waals surface area (Å²) in [7, 11) is 0. The number of carbonyl (C=O) groups is 1. The first kappa shape index (κ1) is 20.4. The number of hydrogen-bond acceptors (Lipinski definition) is 2. The minimum Gasteiger partial charge on any atom is -0.489 e. The second-order valence-electron chi connectivity index (χ2n) is 7.09. The molecule has 2 aromatic carbocycles. The number of amides is 1. The molecule has 3 nitrogen and oxygen atoms in total. The molecule has 0 unspecified atom stereocenters. The molecule has 1 aliphatic carbocycles. The molecule has 0 heterocycles. The number of nitrogens with one attached hydrogen (secondary N) is 1. The van der Waals surface area contributed by atoms with Gasteiger partial charge in [0.1, 0.15) is 18.2 Å². The lowest BCUT2D eigenvalue weighted by molar-refractivity contribution is -0.117. The average Bonchev–Trinajstić information content (AvgIpc) is 2.95. The predicted octanol–water partition coefficient (Wildman–Crippen LogP) is 5.91. The van der Waals surface area contributed by atoms with Crippen molar-refractivity contribution in [3.63, 3.8) is 0 Å². The molecule has 0 radical (unpaired) electrons. The maximum Gasteiger partial charge on any atom is 0.244 e. The largest absolute Gasteiger partial charge is 0.489 e. The normalized spacial score (nSPS) is 15.4. The third kappa shape index (κ3) is 6.10. The second kappa shape index (κ2) is 10.3. The van der Waals surface area contributed by atoms with Gasteiger partial charge >= 0.3 is 0 Å². The van der Waals surface area contributed by atoms with Gasteiger partial charge in [-0.2, -0.15) is 0 Å². The van der Waals surface area contributed by atoms with Crippen LogP contribution in [0.4, 0.5) is 4.39 Å². The zero-order valence-electron chi connectivity index (χ0n) is 15.8. The molecule has 0 saturated heterocycles. The quantitative estimate of drug-likeness (QED) is 0.482. The Morgan fingerprint density at radius 3 is 2.50 bits per heavy atom. The van der Waals surface area contributed by atoms with E-state index in [2.05, 4.69) is 5.32 Å². The van der Waals surface area contributed by atoms with Crippen molar-refractivity contribution in [3.8, 4) is 5.75 Å². The lowest BCUT2D eigenvalue weighted by atomic mass is 10.1. The van der Waals surface area contributed by atoms with Crippen LogP contribution in [0.3, 0.4) is 0 Å². The summed E-state index contributed by atoms with van der Waals surface area (Å²) >= 11 is 6.00. The van der Waals surface area contributed by atoms with E-state index in [0.717, 1.165) is 18.4 Å². The molecule has 0 spiro atoms. The fraction of sp³-hybridized carbons (Fsp3) is 0.348. The topological polar surface area (TPSA) is 38.3 Å². The summed E-state index contributed by atoms with van der Waals surface area (Å²) in [5.41, 5.74) is 1.23. The molecule has 0 aromatic heterocycles. The molecule has 3 rings (SSSR count). The molecule has 1 aliphatic rings. The molecule has 0 atom stereocenters. The van der Waals surface area contributed by atoms with Crippen molar-refractivity contribution >= 4 is 23.6 Å². The maximum atomic E-state index is 13.8. The van der Waals surface area contributed by atoms with Gasteiger partial charge in [0, 0.05) is 17.7 Å². The fourth-order valence-electron chi connectivity index (χ4n) is 3.35. The van der Waals surface area contributed by atoms with E-state index in [4.69, 9.17) is 16.3 Å². The third-order valence-corrected chi connectivity index (χ3v) is 5.31. The molecule has 5 heteroatoms. The molecule has 1 N–H and O–H groups in total. The molecule has 2 aromatic rings. The van der Waals surface area contributed by atoms with Crippen LogP contribution in [-0.4, -0.2) is 11.9 Å². The van der Waals surface area contributed by atoms with E-state index < -0.39 is 0 Å². The molecular formula is C23H25ClFNO2. The summed E-state index contributed by atoms with van der Waals surface area (Å²) in [5, 5.41) is 3.44. The highest BCUT2D eigenvalue weighted by atomic mass is 35.5. The Bertz CT molecular complexity index is 792. The van der Waals surface area contributed by atoms with E-state index in [0.29, 0.717) is 22.4 Å². The van der Waals surface area contributed by atoms with Gasteiger partial charge in [-0.05, 0) is 48.7 Å². The monoisotopic (exact) mass is 401 g/mol. The average molecular weight is 402 g/mol. The zero-order chi connectivity index (χ0) is 19.8. The number of carbonyl (C=O) groups excluding carboxylic acids is 1. The molecule has 28 heavy (non-hydrogen) atoms. The van der Waals surface area contributed by atoms with E-state index in [1.165, 1.54) is 31.7 Å². The van der Waals surface area contributed by atoms with Crippen LogP contribution >= 0.6 is 11.6 Å². The Balaban J connectivity index is 1.51. The van der Waals surface area contributed by atoms with Crippen LogP contribution in [0.15, 0.2) is 48.5 Å². The van der Waals surface area contributed by atoms with Gasteiger partial charge in [-0.3, -0.25) is 4.79 Å². The van der Waals surface area contributed by atoms with Crippen molar-refractivity contribution in [2.24, 2.45) is 0 Å². The Morgan fingerprint density at radius 1 is 1.11 bits per heavy atom. The molecule has 0 bridgehead atoms. The highest BCUT2D eigenvalue weighted by molar-refractivity contribution is 6.31. The molecule has 0 aliphatic heterocycles. The molecule has 1 amide bonds. The van der Waals surface area contributed by atoms with E-state index in [1.54, 1.807) is 36.4 Å². The number of benzene rings is 2. The van der Waals surface area contributed by atoms with Crippen LogP contribution in [0, 0.1) is 5.82 Å². The van der Waals surface area contributed by atoms with Crippen LogP contribution in [0.5, 0.6) is 5.75 Å². The first-order valence-corrected chi connectivity index (χ1v) is 10.1. The highest BCUT2D eigenvalue weighted by Crippen LogP contribution is 2.22. The van der Waals surface area contributed by atoms with Gasteiger partial charge in [0.25, 0.3) is 0 Å². The Hall–Kier alpha value is -2.33. The van der Waals surface area contributed by atoms with E-state index >= 15 is 0 Å². The number of halogens is 2. The van der Waals surface area contributed by atoms with Gasteiger partial charge in [0.15, 0.2) is 0 Å². The molecule has 148 valence electrons. The van der Waals surface area contributed by atoms with Gasteiger partial charge in [-0.25, -0.2) is 4.39 Å². The SMILES string of the molecule is O=C(/C=C/c1ccc(OCc2c(F)cccc2Cl)cc1)NC1CCCCCC1. The van der Waals surface area contributed by atoms with Crippen LogP contribution in [-0.2, 0) is 11.4 Å². The number of rotatable bonds is 6. The Labute approximate surface area is 170 Å². The Kier molecular flexibility index (Phi) is 7.49. The molecule has 1 fully saturated rings. The lowest BCUT2D eigenvalue weighted by Crippen LogP contribution is -2.33.